The number of amides is 5. The number of benzene rings is 4. The van der Waals surface area contributed by atoms with Crippen LogP contribution in [0.3, 0.4) is 0 Å². The lowest BCUT2D eigenvalue weighted by Gasteiger charge is -2.49. The van der Waals surface area contributed by atoms with Crippen molar-refractivity contribution in [3.63, 3.8) is 0 Å². The normalized spacial score (nSPS) is 23.6. The molecule has 0 spiro atoms. The third-order valence-corrected chi connectivity index (χ3v) is 15.7. The van der Waals surface area contributed by atoms with Crippen LogP contribution in [0.4, 0.5) is 19.4 Å². The lowest BCUT2D eigenvalue weighted by atomic mass is 9.77. The van der Waals surface area contributed by atoms with Crippen molar-refractivity contribution in [3.05, 3.63) is 106 Å². The highest BCUT2D eigenvalue weighted by molar-refractivity contribution is 6.34. The summed E-state index contributed by atoms with van der Waals surface area (Å²) in [6, 6.07) is 19.6. The summed E-state index contributed by atoms with van der Waals surface area (Å²) in [5.74, 6) is -2.31. The van der Waals surface area contributed by atoms with Crippen molar-refractivity contribution in [2.75, 3.05) is 51.3 Å². The van der Waals surface area contributed by atoms with Crippen molar-refractivity contribution in [2.45, 2.75) is 81.4 Å². The molecule has 5 amide bonds. The number of carbonyl (C=O) groups excluding carboxylic acids is 4. The van der Waals surface area contributed by atoms with Crippen LogP contribution in [0.15, 0.2) is 66.7 Å². The van der Waals surface area contributed by atoms with E-state index in [-0.39, 0.29) is 63.4 Å². The summed E-state index contributed by atoms with van der Waals surface area (Å²) in [7, 11) is 3.20. The van der Waals surface area contributed by atoms with Crippen molar-refractivity contribution in [1.29, 1.82) is 0 Å². The Hall–Kier alpha value is -6.10. The molecular weight excluding hydrogens is 894 g/mol. The second-order valence-corrected chi connectivity index (χ2v) is 19.4. The number of aromatic nitrogens is 2. The molecule has 1 aromatic heterocycles. The second-order valence-electron chi connectivity index (χ2n) is 19.0. The van der Waals surface area contributed by atoms with Crippen molar-refractivity contribution in [2.24, 2.45) is 18.7 Å². The van der Waals surface area contributed by atoms with Gasteiger partial charge >= 0.3 is 6.03 Å². The van der Waals surface area contributed by atoms with Crippen LogP contribution in [0.25, 0.3) is 22.0 Å². The number of hydrogen-bond donors (Lipinski definition) is 3. The van der Waals surface area contributed by atoms with Crippen molar-refractivity contribution in [1.82, 2.24) is 30.2 Å². The number of anilines is 1. The van der Waals surface area contributed by atoms with Crippen LogP contribution in [0.2, 0.25) is 5.02 Å². The number of carbonyl (C=O) groups is 4. The van der Waals surface area contributed by atoms with E-state index in [9.17, 15) is 19.2 Å². The Morgan fingerprint density at radius 2 is 1.71 bits per heavy atom. The van der Waals surface area contributed by atoms with Gasteiger partial charge in [0.05, 0.1) is 23.2 Å². The second kappa shape index (κ2) is 18.1. The summed E-state index contributed by atoms with van der Waals surface area (Å²) in [6.45, 7) is 5.86. The standard InChI is InChI=1S/C51H55ClF2N8O6/c1-28-41-39(24-37(53)44(52)43(41)42-35(47(55)64)16-17-38(67-3)45(42)54)68-51(28,31-8-5-4-6-9-31)27-56-32-14-12-30(13-15-32)49(65)61-25-33(26-61)60-21-18-29(19-22-60)34-10-7-11-36-46(34)59(2)58-48(36)62-23-20-40(63)57-50(62)66/h4-11,16-17,24,28-30,32-33,56H,12-15,18-23,25-27H2,1-3H3,(H2,55,64)(H,57,63,66)/t28-,30?,32?,51-/m0/s1. The number of methoxy groups -OCH3 is 1. The lowest BCUT2D eigenvalue weighted by Crippen LogP contribution is -2.63. The van der Waals surface area contributed by atoms with E-state index in [0.717, 1.165) is 81.2 Å². The number of nitrogens with zero attached hydrogens (tertiary/aromatic N) is 5. The maximum Gasteiger partial charge on any atom is 0.329 e. The number of para-hydroxylation sites is 1. The van der Waals surface area contributed by atoms with Gasteiger partial charge in [0, 0.05) is 91.7 Å². The highest BCUT2D eigenvalue weighted by Crippen LogP contribution is 2.56. The van der Waals surface area contributed by atoms with Gasteiger partial charge in [-0.05, 0) is 86.9 Å². The van der Waals surface area contributed by atoms with E-state index < -0.39 is 35.1 Å². The predicted molar refractivity (Wildman–Crippen MR) is 253 cm³/mol. The van der Waals surface area contributed by atoms with Gasteiger partial charge in [-0.25, -0.2) is 13.6 Å². The van der Waals surface area contributed by atoms with Gasteiger partial charge in [-0.3, -0.25) is 34.2 Å². The molecule has 4 aromatic carbocycles. The first-order valence-corrected chi connectivity index (χ1v) is 23.9. The first-order chi connectivity index (χ1) is 32.8. The summed E-state index contributed by atoms with van der Waals surface area (Å²) in [5, 5.41) is 11.4. The minimum Gasteiger partial charge on any atom is -0.494 e. The first-order valence-electron chi connectivity index (χ1n) is 23.5. The maximum atomic E-state index is 16.2. The molecule has 1 aliphatic carbocycles. The number of imide groups is 1. The fourth-order valence-corrected chi connectivity index (χ4v) is 11.8. The average molecular weight is 949 g/mol. The van der Waals surface area contributed by atoms with Gasteiger partial charge in [0.25, 0.3) is 0 Å². The Labute approximate surface area is 398 Å². The number of likely N-dealkylation sites (tertiary alicyclic amines) is 2. The molecule has 4 aliphatic heterocycles. The molecule has 0 bridgehead atoms. The SMILES string of the molecule is COc1ccc(C(N)=O)c(-c2c(Cl)c(F)cc3c2[C@H](C)[C@@](CNC2CCC(C(=O)N4CC(N5CCC(c6cccc7c(N8CCC(=O)NC8=O)nn(C)c67)CC5)C4)CC2)(c2ccccc2)O3)c1F. The molecule has 5 aromatic rings. The summed E-state index contributed by atoms with van der Waals surface area (Å²) in [6.07, 6.45) is 5.25. The molecule has 17 heteroatoms. The third-order valence-electron chi connectivity index (χ3n) is 15.3. The topological polar surface area (TPSA) is 164 Å². The van der Waals surface area contributed by atoms with E-state index in [2.05, 4.69) is 21.6 Å². The van der Waals surface area contributed by atoms with Crippen molar-refractivity contribution < 1.29 is 37.4 Å². The number of halogens is 3. The zero-order chi connectivity index (χ0) is 47.6. The highest BCUT2D eigenvalue weighted by Gasteiger charge is 2.50. The minimum absolute atomic E-state index is 0.00497. The number of rotatable bonds is 11. The van der Waals surface area contributed by atoms with Gasteiger partial charge in [-0.2, -0.15) is 5.10 Å². The van der Waals surface area contributed by atoms with Crippen molar-refractivity contribution >= 4 is 52.1 Å². The molecule has 4 N–H and O–H groups in total. The lowest BCUT2D eigenvalue weighted by molar-refractivity contribution is -0.144. The van der Waals surface area contributed by atoms with E-state index in [1.54, 1.807) is 4.90 Å². The fraction of sp³-hybridized carbons (Fsp3) is 0.431. The third kappa shape index (κ3) is 7.83. The van der Waals surface area contributed by atoms with E-state index >= 15 is 8.78 Å². The molecule has 3 saturated heterocycles. The Bertz CT molecular complexity index is 2820. The van der Waals surface area contributed by atoms with Crippen LogP contribution in [-0.2, 0) is 22.2 Å². The van der Waals surface area contributed by atoms with Crippen LogP contribution in [0.5, 0.6) is 11.5 Å². The number of fused-ring (bicyclic) bond motifs is 2. The number of aryl methyl sites for hydroxylation is 1. The number of ether oxygens (including phenoxy) is 2. The van der Waals surface area contributed by atoms with Gasteiger partial charge in [0.2, 0.25) is 17.7 Å². The summed E-state index contributed by atoms with van der Waals surface area (Å²) < 4.78 is 45.9. The molecule has 0 unspecified atom stereocenters. The summed E-state index contributed by atoms with van der Waals surface area (Å²) in [5.41, 5.74) is 7.75. The van der Waals surface area contributed by atoms with Crippen LogP contribution in [-0.4, -0.2) is 102 Å². The van der Waals surface area contributed by atoms with Gasteiger partial charge in [0.1, 0.15) is 11.6 Å². The van der Waals surface area contributed by atoms with E-state index in [1.165, 1.54) is 30.9 Å². The van der Waals surface area contributed by atoms with Gasteiger partial charge < -0.3 is 25.4 Å². The highest BCUT2D eigenvalue weighted by atomic mass is 35.5. The number of urea groups is 1. The van der Waals surface area contributed by atoms with Crippen LogP contribution >= 0.6 is 11.6 Å². The molecule has 5 aliphatic rings. The Morgan fingerprint density at radius 1 is 0.971 bits per heavy atom. The fourth-order valence-electron chi connectivity index (χ4n) is 11.6. The number of nitrogens with one attached hydrogen (secondary N) is 2. The van der Waals surface area contributed by atoms with Gasteiger partial charge in [-0.1, -0.05) is 61.0 Å². The predicted octanol–water partition coefficient (Wildman–Crippen LogP) is 7.36. The Kier molecular flexibility index (Phi) is 12.2. The Balaban J connectivity index is 0.763. The average Bonchev–Trinajstić information content (AvgIpc) is 3.81. The molecule has 14 nitrogen and oxygen atoms in total. The number of nitrogens with two attached hydrogens (primary N) is 1. The number of piperidine rings is 1. The van der Waals surface area contributed by atoms with E-state index in [4.69, 9.17) is 31.9 Å². The molecular formula is C51H55ClF2N8O6. The maximum absolute atomic E-state index is 16.2. The Morgan fingerprint density at radius 3 is 2.40 bits per heavy atom. The molecule has 68 heavy (non-hydrogen) atoms. The van der Waals surface area contributed by atoms with E-state index in [0.29, 0.717) is 36.4 Å². The van der Waals surface area contributed by atoms with Gasteiger partial charge in [0.15, 0.2) is 23.0 Å². The summed E-state index contributed by atoms with van der Waals surface area (Å²) >= 11 is 6.70. The van der Waals surface area contributed by atoms with Crippen LogP contribution in [0, 0.1) is 17.6 Å². The molecule has 1 saturated carbocycles. The van der Waals surface area contributed by atoms with E-state index in [1.807, 2.05) is 66.0 Å². The molecule has 0 radical (unpaired) electrons. The molecule has 4 fully saturated rings. The molecule has 5 heterocycles. The number of primary amides is 1. The van der Waals surface area contributed by atoms with Gasteiger partial charge in [-0.15, -0.1) is 0 Å². The zero-order valence-corrected chi connectivity index (χ0v) is 39.1. The zero-order valence-electron chi connectivity index (χ0n) is 38.3. The summed E-state index contributed by atoms with van der Waals surface area (Å²) in [4.78, 5) is 57.1. The molecule has 2 atom stereocenters. The number of hydrogen-bond acceptors (Lipinski definition) is 9. The molecule has 10 rings (SSSR count). The molecule has 356 valence electrons. The van der Waals surface area contributed by atoms with Crippen molar-refractivity contribution in [3.8, 4) is 22.6 Å². The minimum atomic E-state index is -1.07. The largest absolute Gasteiger partial charge is 0.494 e. The quantitative estimate of drug-likeness (QED) is 0.123. The smallest absolute Gasteiger partial charge is 0.329 e. The monoisotopic (exact) mass is 948 g/mol. The van der Waals surface area contributed by atoms with Crippen LogP contribution in [0.1, 0.15) is 90.8 Å². The van der Waals surface area contributed by atoms with Crippen LogP contribution < -0.4 is 30.7 Å². The first kappa shape index (κ1) is 45.7.